The molecule has 0 saturated heterocycles. The van der Waals surface area contributed by atoms with Crippen LogP contribution >= 0.6 is 0 Å². The Bertz CT molecular complexity index is 342. The molecule has 1 unspecified atom stereocenters. The summed E-state index contributed by atoms with van der Waals surface area (Å²) in [7, 11) is 3.32. The number of hydrogen-bond acceptors (Lipinski definition) is 4. The molecule has 0 aliphatic heterocycles. The Morgan fingerprint density at radius 2 is 2.33 bits per heavy atom. The standard InChI is InChI=1S/C10H17N3O2/c1-5-10(2,15-4)8(14)6-9-11-7-12-13(9)3/h7H,5-6H2,1-4H3. The zero-order valence-electron chi connectivity index (χ0n) is 9.65. The molecule has 1 rings (SSSR count). The van der Waals surface area contributed by atoms with Crippen molar-refractivity contribution in [3.63, 3.8) is 0 Å². The largest absolute Gasteiger partial charge is 0.371 e. The minimum atomic E-state index is -0.716. The first-order valence-electron chi connectivity index (χ1n) is 4.95. The van der Waals surface area contributed by atoms with Gasteiger partial charge in [0.2, 0.25) is 0 Å². The average molecular weight is 211 g/mol. The summed E-state index contributed by atoms with van der Waals surface area (Å²) in [5.74, 6) is 0.695. The van der Waals surface area contributed by atoms with E-state index < -0.39 is 5.60 Å². The summed E-state index contributed by atoms with van der Waals surface area (Å²) in [4.78, 5) is 16.0. The minimum absolute atomic E-state index is 0.0311. The Kier molecular flexibility index (Phi) is 3.57. The number of ketones is 1. The lowest BCUT2D eigenvalue weighted by molar-refractivity contribution is -0.138. The molecule has 0 radical (unpaired) electrons. The number of Topliss-reactive ketones (excluding diaryl/α,β-unsaturated/α-hetero) is 1. The van der Waals surface area contributed by atoms with Crippen molar-refractivity contribution >= 4 is 5.78 Å². The highest BCUT2D eigenvalue weighted by Gasteiger charge is 2.31. The van der Waals surface area contributed by atoms with E-state index in [0.717, 1.165) is 0 Å². The summed E-state index contributed by atoms with van der Waals surface area (Å²) in [6.45, 7) is 3.73. The molecular weight excluding hydrogens is 194 g/mol. The van der Waals surface area contributed by atoms with Crippen LogP contribution in [0.15, 0.2) is 6.33 Å². The Morgan fingerprint density at radius 3 is 2.73 bits per heavy atom. The number of rotatable bonds is 5. The van der Waals surface area contributed by atoms with E-state index in [2.05, 4.69) is 10.1 Å². The van der Waals surface area contributed by atoms with Gasteiger partial charge in [-0.3, -0.25) is 9.48 Å². The number of carbonyl (C=O) groups excluding carboxylic acids is 1. The molecule has 84 valence electrons. The Balaban J connectivity index is 2.75. The highest BCUT2D eigenvalue weighted by molar-refractivity contribution is 5.88. The van der Waals surface area contributed by atoms with Crippen molar-refractivity contribution in [3.8, 4) is 0 Å². The number of ether oxygens (including phenoxy) is 1. The van der Waals surface area contributed by atoms with E-state index >= 15 is 0 Å². The number of aromatic nitrogens is 3. The van der Waals surface area contributed by atoms with Crippen molar-refractivity contribution in [3.05, 3.63) is 12.2 Å². The van der Waals surface area contributed by atoms with Gasteiger partial charge >= 0.3 is 0 Å². The van der Waals surface area contributed by atoms with Gasteiger partial charge in [0.15, 0.2) is 5.78 Å². The van der Waals surface area contributed by atoms with E-state index in [1.165, 1.54) is 6.33 Å². The number of aryl methyl sites for hydroxylation is 1. The third-order valence-corrected chi connectivity index (χ3v) is 2.84. The number of methoxy groups -OCH3 is 1. The molecule has 0 aliphatic rings. The predicted octanol–water partition coefficient (Wildman–Crippen LogP) is 0.742. The van der Waals surface area contributed by atoms with Crippen LogP contribution in [0.25, 0.3) is 0 Å². The topological polar surface area (TPSA) is 57.0 Å². The van der Waals surface area contributed by atoms with E-state index in [4.69, 9.17) is 4.74 Å². The first kappa shape index (κ1) is 11.8. The third kappa shape index (κ3) is 2.41. The molecule has 1 aromatic heterocycles. The molecule has 0 amide bonds. The Morgan fingerprint density at radius 1 is 1.67 bits per heavy atom. The SMILES string of the molecule is CCC(C)(OC)C(=O)Cc1ncnn1C. The zero-order chi connectivity index (χ0) is 11.5. The van der Waals surface area contributed by atoms with Gasteiger partial charge in [-0.1, -0.05) is 6.92 Å². The van der Waals surface area contributed by atoms with Gasteiger partial charge in [0.25, 0.3) is 0 Å². The fourth-order valence-electron chi connectivity index (χ4n) is 1.27. The van der Waals surface area contributed by atoms with Gasteiger partial charge < -0.3 is 4.74 Å². The fraction of sp³-hybridized carbons (Fsp3) is 0.700. The predicted molar refractivity (Wildman–Crippen MR) is 55.4 cm³/mol. The zero-order valence-corrected chi connectivity index (χ0v) is 9.65. The molecule has 1 atom stereocenters. The van der Waals surface area contributed by atoms with Gasteiger partial charge in [-0.2, -0.15) is 5.10 Å². The van der Waals surface area contributed by atoms with E-state index in [0.29, 0.717) is 12.2 Å². The maximum atomic E-state index is 11.9. The van der Waals surface area contributed by atoms with Crippen LogP contribution in [0.1, 0.15) is 26.1 Å². The molecular formula is C10H17N3O2. The van der Waals surface area contributed by atoms with Gasteiger partial charge in [0.1, 0.15) is 17.8 Å². The van der Waals surface area contributed by atoms with Crippen molar-refractivity contribution in [2.75, 3.05) is 7.11 Å². The van der Waals surface area contributed by atoms with Crippen LogP contribution in [-0.4, -0.2) is 33.3 Å². The van der Waals surface area contributed by atoms with E-state index in [1.54, 1.807) is 25.8 Å². The lowest BCUT2D eigenvalue weighted by atomic mass is 9.95. The monoisotopic (exact) mass is 211 g/mol. The molecule has 0 spiro atoms. The van der Waals surface area contributed by atoms with Crippen LogP contribution in [0.3, 0.4) is 0 Å². The second-order valence-electron chi connectivity index (χ2n) is 3.69. The third-order valence-electron chi connectivity index (χ3n) is 2.84. The number of carbonyl (C=O) groups is 1. The van der Waals surface area contributed by atoms with Crippen molar-refractivity contribution in [1.82, 2.24) is 14.8 Å². The van der Waals surface area contributed by atoms with Crippen LogP contribution in [-0.2, 0) is 23.0 Å². The molecule has 0 bridgehead atoms. The number of hydrogen-bond donors (Lipinski definition) is 0. The summed E-state index contributed by atoms with van der Waals surface area (Å²) in [5.41, 5.74) is -0.716. The van der Waals surface area contributed by atoms with Gasteiger partial charge in [0, 0.05) is 14.2 Å². The summed E-state index contributed by atoms with van der Waals surface area (Å²) in [5, 5.41) is 3.92. The van der Waals surface area contributed by atoms with E-state index in [1.807, 2.05) is 6.92 Å². The summed E-state index contributed by atoms with van der Waals surface area (Å²) in [6.07, 6.45) is 2.35. The second-order valence-corrected chi connectivity index (χ2v) is 3.69. The maximum Gasteiger partial charge on any atom is 0.171 e. The van der Waals surface area contributed by atoms with E-state index in [9.17, 15) is 4.79 Å². The summed E-state index contributed by atoms with van der Waals surface area (Å²) < 4.78 is 6.83. The Hall–Kier alpha value is -1.23. The van der Waals surface area contributed by atoms with Crippen LogP contribution in [0.5, 0.6) is 0 Å². The van der Waals surface area contributed by atoms with Gasteiger partial charge in [0.05, 0.1) is 6.42 Å². The smallest absolute Gasteiger partial charge is 0.171 e. The molecule has 0 aromatic carbocycles. The van der Waals surface area contributed by atoms with Crippen LogP contribution in [0, 0.1) is 0 Å². The first-order valence-corrected chi connectivity index (χ1v) is 4.95. The van der Waals surface area contributed by atoms with Crippen molar-refractivity contribution in [2.45, 2.75) is 32.3 Å². The minimum Gasteiger partial charge on any atom is -0.371 e. The quantitative estimate of drug-likeness (QED) is 0.721. The van der Waals surface area contributed by atoms with Crippen molar-refractivity contribution in [2.24, 2.45) is 7.05 Å². The molecule has 15 heavy (non-hydrogen) atoms. The highest BCUT2D eigenvalue weighted by atomic mass is 16.5. The van der Waals surface area contributed by atoms with Crippen LogP contribution in [0.4, 0.5) is 0 Å². The lowest BCUT2D eigenvalue weighted by Crippen LogP contribution is -2.38. The lowest BCUT2D eigenvalue weighted by Gasteiger charge is -2.24. The molecule has 1 aromatic rings. The highest BCUT2D eigenvalue weighted by Crippen LogP contribution is 2.17. The average Bonchev–Trinajstić information content (AvgIpc) is 2.63. The van der Waals surface area contributed by atoms with Crippen LogP contribution < -0.4 is 0 Å². The maximum absolute atomic E-state index is 11.9. The molecule has 1 heterocycles. The molecule has 5 nitrogen and oxygen atoms in total. The fourth-order valence-corrected chi connectivity index (χ4v) is 1.27. The van der Waals surface area contributed by atoms with E-state index in [-0.39, 0.29) is 12.2 Å². The second kappa shape index (κ2) is 4.53. The van der Waals surface area contributed by atoms with Gasteiger partial charge in [-0.15, -0.1) is 0 Å². The molecule has 0 N–H and O–H groups in total. The summed E-state index contributed by atoms with van der Waals surface area (Å²) >= 11 is 0. The molecule has 5 heteroatoms. The van der Waals surface area contributed by atoms with Gasteiger partial charge in [-0.25, -0.2) is 4.98 Å². The van der Waals surface area contributed by atoms with Gasteiger partial charge in [-0.05, 0) is 13.3 Å². The molecule has 0 aliphatic carbocycles. The van der Waals surface area contributed by atoms with Crippen LogP contribution in [0.2, 0.25) is 0 Å². The molecule has 0 saturated carbocycles. The van der Waals surface area contributed by atoms with Crippen molar-refractivity contribution < 1.29 is 9.53 Å². The molecule has 0 fully saturated rings. The summed E-state index contributed by atoms with van der Waals surface area (Å²) in [6, 6.07) is 0. The normalized spacial score (nSPS) is 14.9. The Labute approximate surface area is 89.5 Å². The van der Waals surface area contributed by atoms with Crippen molar-refractivity contribution in [1.29, 1.82) is 0 Å². The first-order chi connectivity index (χ1) is 7.03. The number of nitrogens with zero attached hydrogens (tertiary/aromatic N) is 3.